The molecule has 0 radical (unpaired) electrons. The number of carbonyl (C=O) groups is 2. The number of aromatic amines is 1. The highest BCUT2D eigenvalue weighted by Gasteiger charge is 2.20. The number of carbonyl (C=O) groups excluding carboxylic acids is 1. The van der Waals surface area contributed by atoms with Crippen molar-refractivity contribution in [2.24, 2.45) is 0 Å². The van der Waals surface area contributed by atoms with E-state index in [1.54, 1.807) is 20.8 Å². The number of anilines is 1. The molecule has 7 nitrogen and oxygen atoms in total. The van der Waals surface area contributed by atoms with Crippen LogP contribution in [-0.2, 0) is 4.74 Å². The number of aromatic carboxylic acids is 1. The summed E-state index contributed by atoms with van der Waals surface area (Å²) in [6.07, 6.45) is 1.28. The molecule has 0 amide bonds. The molecule has 126 valence electrons. The molecule has 0 atom stereocenters. The highest BCUT2D eigenvalue weighted by molar-refractivity contribution is 5.99. The third-order valence-electron chi connectivity index (χ3n) is 3.13. The van der Waals surface area contributed by atoms with Gasteiger partial charge in [-0.1, -0.05) is 6.07 Å². The maximum Gasteiger partial charge on any atom is 0.338 e. The van der Waals surface area contributed by atoms with E-state index < -0.39 is 23.1 Å². The Kier molecular flexibility index (Phi) is 4.45. The van der Waals surface area contributed by atoms with Crippen molar-refractivity contribution in [1.82, 2.24) is 4.98 Å². The number of rotatable bonds is 3. The number of nitrogen functional groups attached to an aromatic ring is 1. The van der Waals surface area contributed by atoms with Crippen molar-refractivity contribution >= 4 is 17.6 Å². The van der Waals surface area contributed by atoms with Crippen LogP contribution in [0.5, 0.6) is 0 Å². The monoisotopic (exact) mass is 330 g/mol. The molecule has 1 aromatic heterocycles. The maximum atomic E-state index is 12.1. The zero-order valence-corrected chi connectivity index (χ0v) is 13.5. The molecular weight excluding hydrogens is 312 g/mol. The van der Waals surface area contributed by atoms with E-state index in [0.29, 0.717) is 5.56 Å². The zero-order chi connectivity index (χ0) is 18.1. The summed E-state index contributed by atoms with van der Waals surface area (Å²) >= 11 is 0. The van der Waals surface area contributed by atoms with E-state index in [-0.39, 0.29) is 22.4 Å². The molecular formula is C17H18N2O5. The van der Waals surface area contributed by atoms with Crippen molar-refractivity contribution < 1.29 is 19.4 Å². The molecule has 0 saturated heterocycles. The van der Waals surface area contributed by atoms with Crippen LogP contribution in [0.2, 0.25) is 0 Å². The van der Waals surface area contributed by atoms with Crippen molar-refractivity contribution in [2.75, 3.05) is 5.73 Å². The normalized spacial score (nSPS) is 11.1. The fourth-order valence-electron chi connectivity index (χ4n) is 2.14. The van der Waals surface area contributed by atoms with Crippen LogP contribution >= 0.6 is 0 Å². The van der Waals surface area contributed by atoms with Gasteiger partial charge in [0.15, 0.2) is 0 Å². The summed E-state index contributed by atoms with van der Waals surface area (Å²) < 4.78 is 5.27. The molecule has 0 fully saturated rings. The van der Waals surface area contributed by atoms with Crippen molar-refractivity contribution in [3.63, 3.8) is 0 Å². The van der Waals surface area contributed by atoms with Crippen LogP contribution in [-0.4, -0.2) is 27.6 Å². The molecule has 2 aromatic rings. The van der Waals surface area contributed by atoms with Crippen LogP contribution in [0.15, 0.2) is 35.3 Å². The lowest BCUT2D eigenvalue weighted by molar-refractivity contribution is 0.00694. The average Bonchev–Trinajstić information content (AvgIpc) is 2.45. The second-order valence-corrected chi connectivity index (χ2v) is 6.23. The van der Waals surface area contributed by atoms with E-state index in [4.69, 9.17) is 10.5 Å². The third kappa shape index (κ3) is 3.81. The first kappa shape index (κ1) is 17.3. The number of esters is 1. The van der Waals surface area contributed by atoms with Crippen LogP contribution in [0.1, 0.15) is 41.5 Å². The first-order chi connectivity index (χ1) is 11.1. The lowest BCUT2D eigenvalue weighted by Crippen LogP contribution is -2.24. The maximum absolute atomic E-state index is 12.1. The Morgan fingerprint density at radius 1 is 1.17 bits per heavy atom. The topological polar surface area (TPSA) is 122 Å². The van der Waals surface area contributed by atoms with Crippen molar-refractivity contribution in [1.29, 1.82) is 0 Å². The summed E-state index contributed by atoms with van der Waals surface area (Å²) in [5, 5.41) is 9.25. The lowest BCUT2D eigenvalue weighted by Gasteiger charge is -2.20. The molecule has 0 aliphatic carbocycles. The van der Waals surface area contributed by atoms with Gasteiger partial charge in [-0.15, -0.1) is 0 Å². The van der Waals surface area contributed by atoms with Gasteiger partial charge >= 0.3 is 11.9 Å². The summed E-state index contributed by atoms with van der Waals surface area (Å²) in [5.74, 6) is -1.77. The van der Waals surface area contributed by atoms with Gasteiger partial charge in [0, 0.05) is 29.1 Å². The number of H-pyrrole nitrogens is 1. The van der Waals surface area contributed by atoms with Crippen molar-refractivity contribution in [2.45, 2.75) is 26.4 Å². The molecule has 1 heterocycles. The summed E-state index contributed by atoms with van der Waals surface area (Å²) in [6.45, 7) is 5.26. The summed E-state index contributed by atoms with van der Waals surface area (Å²) in [7, 11) is 0. The molecule has 0 spiro atoms. The Balaban J connectivity index is 2.47. The molecule has 24 heavy (non-hydrogen) atoms. The largest absolute Gasteiger partial charge is 0.478 e. The molecule has 4 N–H and O–H groups in total. The molecule has 0 aliphatic heterocycles. The van der Waals surface area contributed by atoms with Gasteiger partial charge in [-0.25, -0.2) is 9.59 Å². The van der Waals surface area contributed by atoms with Crippen LogP contribution in [0.25, 0.3) is 11.1 Å². The molecule has 0 saturated carbocycles. The van der Waals surface area contributed by atoms with Crippen LogP contribution in [0.3, 0.4) is 0 Å². The Labute approximate surface area is 138 Å². The smallest absolute Gasteiger partial charge is 0.338 e. The number of nitrogens with one attached hydrogen (secondary N) is 1. The fraction of sp³-hybridized carbons (Fsp3) is 0.235. The molecule has 0 bridgehead atoms. The number of nitrogens with two attached hydrogens (primary N) is 1. The first-order valence-electron chi connectivity index (χ1n) is 7.18. The Morgan fingerprint density at radius 2 is 1.83 bits per heavy atom. The number of hydrogen-bond acceptors (Lipinski definition) is 5. The predicted octanol–water partition coefficient (Wildman–Crippen LogP) is 2.28. The van der Waals surface area contributed by atoms with Gasteiger partial charge in [0.05, 0.1) is 11.1 Å². The summed E-state index contributed by atoms with van der Waals surface area (Å²) in [5.41, 5.74) is 5.75. The van der Waals surface area contributed by atoms with Gasteiger partial charge in [-0.05, 0) is 32.9 Å². The second kappa shape index (κ2) is 6.19. The SMILES string of the molecule is CC(C)(C)OC(=O)c1ccc(-c2c[nH]c(=O)cc2C(=O)O)c(N)c1. The number of carboxylic acid groups (broad SMARTS) is 1. The molecule has 7 heteroatoms. The highest BCUT2D eigenvalue weighted by atomic mass is 16.6. The zero-order valence-electron chi connectivity index (χ0n) is 13.5. The number of ether oxygens (including phenoxy) is 1. The van der Waals surface area contributed by atoms with Crippen molar-refractivity contribution in [3.8, 4) is 11.1 Å². The number of hydrogen-bond donors (Lipinski definition) is 3. The van der Waals surface area contributed by atoms with Gasteiger partial charge in [0.2, 0.25) is 5.56 Å². The molecule has 2 rings (SSSR count). The standard InChI is InChI=1S/C17H18N2O5/c1-17(2,3)24-16(23)9-4-5-10(13(18)6-9)12-8-19-14(20)7-11(12)15(21)22/h4-8H,18H2,1-3H3,(H,19,20)(H,21,22). The van der Waals surface area contributed by atoms with E-state index in [1.165, 1.54) is 24.4 Å². The number of carboxylic acids is 1. The Hall–Kier alpha value is -3.09. The summed E-state index contributed by atoms with van der Waals surface area (Å²) in [6, 6.07) is 5.42. The van der Waals surface area contributed by atoms with Gasteiger partial charge in [-0.2, -0.15) is 0 Å². The van der Waals surface area contributed by atoms with Crippen LogP contribution in [0, 0.1) is 0 Å². The van der Waals surface area contributed by atoms with Gasteiger partial charge in [0.1, 0.15) is 5.60 Å². The average molecular weight is 330 g/mol. The lowest BCUT2D eigenvalue weighted by atomic mass is 9.99. The van der Waals surface area contributed by atoms with E-state index in [9.17, 15) is 19.5 Å². The van der Waals surface area contributed by atoms with E-state index in [1.807, 2.05) is 0 Å². The minimum Gasteiger partial charge on any atom is -0.478 e. The first-order valence-corrected chi connectivity index (χ1v) is 7.18. The minimum atomic E-state index is -1.24. The molecule has 0 unspecified atom stereocenters. The van der Waals surface area contributed by atoms with Crippen LogP contribution < -0.4 is 11.3 Å². The van der Waals surface area contributed by atoms with Crippen molar-refractivity contribution in [3.05, 3.63) is 51.9 Å². The minimum absolute atomic E-state index is 0.171. The summed E-state index contributed by atoms with van der Waals surface area (Å²) in [4.78, 5) is 37.1. The Morgan fingerprint density at radius 3 is 2.38 bits per heavy atom. The molecule has 0 aliphatic rings. The number of pyridine rings is 1. The highest BCUT2D eigenvalue weighted by Crippen LogP contribution is 2.29. The molecule has 1 aromatic carbocycles. The fourth-order valence-corrected chi connectivity index (χ4v) is 2.14. The quantitative estimate of drug-likeness (QED) is 0.586. The van der Waals surface area contributed by atoms with E-state index in [2.05, 4.69) is 4.98 Å². The second-order valence-electron chi connectivity index (χ2n) is 6.23. The van der Waals surface area contributed by atoms with Gasteiger partial charge < -0.3 is 20.6 Å². The Bertz CT molecular complexity index is 862. The third-order valence-corrected chi connectivity index (χ3v) is 3.13. The van der Waals surface area contributed by atoms with Gasteiger partial charge in [-0.3, -0.25) is 4.79 Å². The number of aromatic nitrogens is 1. The van der Waals surface area contributed by atoms with E-state index in [0.717, 1.165) is 6.07 Å². The predicted molar refractivity (Wildman–Crippen MR) is 89.0 cm³/mol. The van der Waals surface area contributed by atoms with Crippen LogP contribution in [0.4, 0.5) is 5.69 Å². The van der Waals surface area contributed by atoms with E-state index >= 15 is 0 Å². The number of benzene rings is 1. The van der Waals surface area contributed by atoms with Gasteiger partial charge in [0.25, 0.3) is 0 Å².